The molecule has 148 valence electrons. The summed E-state index contributed by atoms with van der Waals surface area (Å²) >= 11 is 0. The first-order valence-corrected chi connectivity index (χ1v) is 9.49. The Morgan fingerprint density at radius 3 is 2.71 bits per heavy atom. The fourth-order valence-corrected chi connectivity index (χ4v) is 3.50. The molecular formula is C19H25N7O2. The van der Waals surface area contributed by atoms with Crippen LogP contribution in [-0.4, -0.2) is 72.1 Å². The normalized spacial score (nSPS) is 17.9. The van der Waals surface area contributed by atoms with Crippen molar-refractivity contribution >= 4 is 22.9 Å². The Hall–Kier alpha value is -2.78. The van der Waals surface area contributed by atoms with Crippen LogP contribution in [0, 0.1) is 0 Å². The maximum absolute atomic E-state index is 5.14. The molecule has 4 rings (SSSR count). The van der Waals surface area contributed by atoms with Crippen molar-refractivity contribution in [3.05, 3.63) is 35.9 Å². The van der Waals surface area contributed by atoms with Gasteiger partial charge in [-0.2, -0.15) is 0 Å². The van der Waals surface area contributed by atoms with E-state index in [0.717, 1.165) is 38.4 Å². The summed E-state index contributed by atoms with van der Waals surface area (Å²) in [5, 5.41) is 11.1. The molecule has 1 aromatic carbocycles. The highest BCUT2D eigenvalue weighted by atomic mass is 16.6. The van der Waals surface area contributed by atoms with Crippen LogP contribution in [0.25, 0.3) is 11.3 Å². The molecule has 0 aliphatic carbocycles. The first-order chi connectivity index (χ1) is 13.8. The van der Waals surface area contributed by atoms with E-state index in [0.29, 0.717) is 23.7 Å². The third-order valence-corrected chi connectivity index (χ3v) is 4.95. The third kappa shape index (κ3) is 3.90. The molecule has 1 aliphatic heterocycles. The Labute approximate surface area is 163 Å². The number of aromatic nitrogens is 4. The molecule has 1 saturated heterocycles. The van der Waals surface area contributed by atoms with Gasteiger partial charge in [0.25, 0.3) is 0 Å². The van der Waals surface area contributed by atoms with E-state index in [1.165, 1.54) is 5.56 Å². The number of rotatable bonds is 7. The van der Waals surface area contributed by atoms with Crippen LogP contribution in [0.5, 0.6) is 0 Å². The van der Waals surface area contributed by atoms with Crippen molar-refractivity contribution in [1.29, 1.82) is 0 Å². The standard InChI is InChI=1S/C19H25N7O2/c1-25-10-11-26(15(13-25)14-7-4-3-5-8-14)19-18(20-9-6-12-27-2)21-16-17(22-19)24-28-23-16/h3-5,7-8,15H,6,9-13H2,1-2H3,(H,20,21,23)/t15-/m1/s1. The van der Waals surface area contributed by atoms with Gasteiger partial charge in [0.15, 0.2) is 11.6 Å². The van der Waals surface area contributed by atoms with Gasteiger partial charge in [-0.25, -0.2) is 14.6 Å². The van der Waals surface area contributed by atoms with Gasteiger partial charge in [-0.05, 0) is 29.3 Å². The molecule has 28 heavy (non-hydrogen) atoms. The molecule has 0 saturated carbocycles. The second-order valence-electron chi connectivity index (χ2n) is 6.96. The highest BCUT2D eigenvalue weighted by Gasteiger charge is 2.30. The highest BCUT2D eigenvalue weighted by Crippen LogP contribution is 2.33. The van der Waals surface area contributed by atoms with Gasteiger partial charge in [-0.1, -0.05) is 30.3 Å². The van der Waals surface area contributed by atoms with Crippen molar-refractivity contribution < 1.29 is 9.37 Å². The quantitative estimate of drug-likeness (QED) is 0.615. The van der Waals surface area contributed by atoms with E-state index in [1.54, 1.807) is 7.11 Å². The first kappa shape index (κ1) is 18.6. The summed E-state index contributed by atoms with van der Waals surface area (Å²) in [6.07, 6.45) is 0.873. The van der Waals surface area contributed by atoms with E-state index in [2.05, 4.69) is 61.7 Å². The Morgan fingerprint density at radius 2 is 1.93 bits per heavy atom. The molecular weight excluding hydrogens is 358 g/mol. The number of piperazine rings is 1. The minimum atomic E-state index is 0.172. The molecule has 0 spiro atoms. The SMILES string of the molecule is COCCCNc1nc2nonc2nc1N1CCN(C)C[C@@H]1c1ccccc1. The first-order valence-electron chi connectivity index (χ1n) is 9.49. The van der Waals surface area contributed by atoms with Crippen molar-refractivity contribution in [2.75, 3.05) is 57.2 Å². The molecule has 0 radical (unpaired) electrons. The van der Waals surface area contributed by atoms with E-state index in [1.807, 2.05) is 6.07 Å². The summed E-state index contributed by atoms with van der Waals surface area (Å²) in [5.74, 6) is 1.48. The predicted octanol–water partition coefficient (Wildman–Crippen LogP) is 1.95. The minimum Gasteiger partial charge on any atom is -0.385 e. The van der Waals surface area contributed by atoms with Crippen molar-refractivity contribution in [1.82, 2.24) is 25.2 Å². The van der Waals surface area contributed by atoms with E-state index in [9.17, 15) is 0 Å². The number of methoxy groups -OCH3 is 1. The van der Waals surface area contributed by atoms with Crippen molar-refractivity contribution in [2.24, 2.45) is 0 Å². The number of ether oxygens (including phenoxy) is 1. The van der Waals surface area contributed by atoms with Gasteiger partial charge in [0, 0.05) is 39.9 Å². The zero-order chi connectivity index (χ0) is 19.3. The van der Waals surface area contributed by atoms with Crippen molar-refractivity contribution in [2.45, 2.75) is 12.5 Å². The van der Waals surface area contributed by atoms with Gasteiger partial charge in [0.2, 0.25) is 11.3 Å². The number of likely N-dealkylation sites (N-methyl/N-ethyl adjacent to an activating group) is 1. The summed E-state index contributed by atoms with van der Waals surface area (Å²) in [6, 6.07) is 10.7. The smallest absolute Gasteiger partial charge is 0.245 e. The van der Waals surface area contributed by atoms with Crippen LogP contribution >= 0.6 is 0 Å². The molecule has 9 heteroatoms. The summed E-state index contributed by atoms with van der Waals surface area (Å²) in [4.78, 5) is 14.0. The van der Waals surface area contributed by atoms with Crippen LogP contribution in [0.15, 0.2) is 35.0 Å². The summed E-state index contributed by atoms with van der Waals surface area (Å²) in [6.45, 7) is 4.11. The number of hydrogen-bond donors (Lipinski definition) is 1. The molecule has 9 nitrogen and oxygen atoms in total. The van der Waals surface area contributed by atoms with Gasteiger partial charge < -0.3 is 19.9 Å². The highest BCUT2D eigenvalue weighted by molar-refractivity contribution is 5.74. The number of anilines is 2. The number of nitrogens with zero attached hydrogens (tertiary/aromatic N) is 6. The Morgan fingerprint density at radius 1 is 1.14 bits per heavy atom. The Kier molecular flexibility index (Phi) is 5.63. The number of nitrogens with one attached hydrogen (secondary N) is 1. The molecule has 2 aromatic heterocycles. The molecule has 0 amide bonds. The van der Waals surface area contributed by atoms with Crippen LogP contribution in [0.1, 0.15) is 18.0 Å². The van der Waals surface area contributed by atoms with Gasteiger partial charge in [0.05, 0.1) is 6.04 Å². The Balaban J connectivity index is 1.70. The summed E-state index contributed by atoms with van der Waals surface area (Å²) in [5.41, 5.74) is 2.08. The molecule has 1 aliphatic rings. The molecule has 0 unspecified atom stereocenters. The van der Waals surface area contributed by atoms with Crippen LogP contribution in [0.3, 0.4) is 0 Å². The third-order valence-electron chi connectivity index (χ3n) is 4.95. The zero-order valence-corrected chi connectivity index (χ0v) is 16.2. The van der Waals surface area contributed by atoms with Crippen molar-refractivity contribution in [3.63, 3.8) is 0 Å². The van der Waals surface area contributed by atoms with Gasteiger partial charge in [-0.3, -0.25) is 0 Å². The van der Waals surface area contributed by atoms with Crippen LogP contribution in [0.4, 0.5) is 11.6 Å². The zero-order valence-electron chi connectivity index (χ0n) is 16.2. The molecule has 3 heterocycles. The predicted molar refractivity (Wildman–Crippen MR) is 106 cm³/mol. The second kappa shape index (κ2) is 8.49. The lowest BCUT2D eigenvalue weighted by Crippen LogP contribution is -2.47. The van der Waals surface area contributed by atoms with Gasteiger partial charge in [-0.15, -0.1) is 0 Å². The van der Waals surface area contributed by atoms with E-state index in [-0.39, 0.29) is 6.04 Å². The molecule has 1 atom stereocenters. The fourth-order valence-electron chi connectivity index (χ4n) is 3.50. The second-order valence-corrected chi connectivity index (χ2v) is 6.96. The van der Waals surface area contributed by atoms with E-state index in [4.69, 9.17) is 14.3 Å². The lowest BCUT2D eigenvalue weighted by molar-refractivity contribution is 0.197. The maximum Gasteiger partial charge on any atom is 0.245 e. The molecule has 1 N–H and O–H groups in total. The minimum absolute atomic E-state index is 0.172. The van der Waals surface area contributed by atoms with Crippen LogP contribution < -0.4 is 10.2 Å². The number of hydrogen-bond acceptors (Lipinski definition) is 9. The maximum atomic E-state index is 5.14. The number of benzene rings is 1. The Bertz CT molecular complexity index is 902. The van der Waals surface area contributed by atoms with E-state index < -0.39 is 0 Å². The number of fused-ring (bicyclic) bond motifs is 1. The lowest BCUT2D eigenvalue weighted by Gasteiger charge is -2.41. The average Bonchev–Trinajstić information content (AvgIpc) is 3.19. The van der Waals surface area contributed by atoms with Gasteiger partial charge >= 0.3 is 0 Å². The molecule has 0 bridgehead atoms. The lowest BCUT2D eigenvalue weighted by atomic mass is 10.0. The summed E-state index contributed by atoms with van der Waals surface area (Å²) < 4.78 is 9.98. The monoisotopic (exact) mass is 383 g/mol. The van der Waals surface area contributed by atoms with Gasteiger partial charge in [0.1, 0.15) is 0 Å². The fraction of sp³-hybridized carbons (Fsp3) is 0.474. The van der Waals surface area contributed by atoms with Crippen LogP contribution in [0.2, 0.25) is 0 Å². The topological polar surface area (TPSA) is 92.4 Å². The van der Waals surface area contributed by atoms with E-state index >= 15 is 0 Å². The summed E-state index contributed by atoms with van der Waals surface area (Å²) in [7, 11) is 3.85. The molecule has 3 aromatic rings. The van der Waals surface area contributed by atoms with Crippen molar-refractivity contribution in [3.8, 4) is 0 Å². The average molecular weight is 383 g/mol. The van der Waals surface area contributed by atoms with Crippen LogP contribution in [-0.2, 0) is 4.74 Å². The largest absolute Gasteiger partial charge is 0.385 e. The molecule has 1 fully saturated rings.